The zero-order chi connectivity index (χ0) is 16.4. The number of ether oxygens (including phenoxy) is 1. The van der Waals surface area contributed by atoms with Gasteiger partial charge in [0.1, 0.15) is 5.00 Å². The number of esters is 1. The van der Waals surface area contributed by atoms with Crippen LogP contribution in [0.5, 0.6) is 0 Å². The lowest BCUT2D eigenvalue weighted by Gasteiger charge is -2.08. The summed E-state index contributed by atoms with van der Waals surface area (Å²) in [5.41, 5.74) is 1.74. The number of amides is 1. The Morgan fingerprint density at radius 3 is 2.70 bits per heavy atom. The Morgan fingerprint density at radius 1 is 1.22 bits per heavy atom. The number of methoxy groups -OCH3 is 1. The molecule has 1 N–H and O–H groups in total. The predicted octanol–water partition coefficient (Wildman–Crippen LogP) is 4.29. The average Bonchev–Trinajstić information content (AvgIpc) is 3.17. The van der Waals surface area contributed by atoms with E-state index in [9.17, 15) is 9.59 Å². The fourth-order valence-corrected chi connectivity index (χ4v) is 4.87. The van der Waals surface area contributed by atoms with Crippen molar-refractivity contribution in [1.29, 1.82) is 0 Å². The third-order valence-electron chi connectivity index (χ3n) is 3.98. The van der Waals surface area contributed by atoms with Gasteiger partial charge in [-0.1, -0.05) is 6.92 Å². The van der Waals surface area contributed by atoms with Crippen molar-refractivity contribution >= 4 is 39.6 Å². The Labute approximate surface area is 143 Å². The second kappa shape index (κ2) is 6.84. The second-order valence-electron chi connectivity index (χ2n) is 5.52. The van der Waals surface area contributed by atoms with E-state index in [0.717, 1.165) is 29.0 Å². The third kappa shape index (κ3) is 3.33. The Hall–Kier alpha value is -1.66. The fraction of sp³-hybridized carbons (Fsp3) is 0.412. The first kappa shape index (κ1) is 16.2. The highest BCUT2D eigenvalue weighted by Gasteiger charge is 2.21. The Kier molecular flexibility index (Phi) is 4.82. The van der Waals surface area contributed by atoms with Gasteiger partial charge in [0.05, 0.1) is 17.6 Å². The lowest BCUT2D eigenvalue weighted by Crippen LogP contribution is -2.12. The minimum absolute atomic E-state index is 0.140. The van der Waals surface area contributed by atoms with Crippen LogP contribution in [0.1, 0.15) is 55.1 Å². The van der Waals surface area contributed by atoms with Gasteiger partial charge < -0.3 is 10.1 Å². The van der Waals surface area contributed by atoms with Gasteiger partial charge in [-0.25, -0.2) is 4.79 Å². The van der Waals surface area contributed by atoms with E-state index in [1.165, 1.54) is 41.7 Å². The smallest absolute Gasteiger partial charge is 0.340 e. The molecule has 0 saturated heterocycles. The standard InChI is InChI=1S/C17H19NO3S2/c1-3-11-9-12(17(20)21-2)16(22-11)18-15(19)14-8-10-6-4-5-7-13(10)23-14/h8-9H,3-7H2,1-2H3,(H,18,19). The van der Waals surface area contributed by atoms with Crippen molar-refractivity contribution in [1.82, 2.24) is 0 Å². The van der Waals surface area contributed by atoms with Crippen molar-refractivity contribution in [3.05, 3.63) is 37.9 Å². The van der Waals surface area contributed by atoms with E-state index < -0.39 is 5.97 Å². The molecule has 2 aromatic rings. The fourth-order valence-electron chi connectivity index (χ4n) is 2.74. The molecule has 0 unspecified atom stereocenters. The molecule has 1 aliphatic carbocycles. The van der Waals surface area contributed by atoms with E-state index in [2.05, 4.69) is 5.32 Å². The quantitative estimate of drug-likeness (QED) is 0.838. The van der Waals surface area contributed by atoms with Crippen LogP contribution >= 0.6 is 22.7 Å². The topological polar surface area (TPSA) is 55.4 Å². The molecule has 23 heavy (non-hydrogen) atoms. The highest BCUT2D eigenvalue weighted by atomic mass is 32.1. The largest absolute Gasteiger partial charge is 0.465 e. The van der Waals surface area contributed by atoms with Gasteiger partial charge in [0.25, 0.3) is 5.91 Å². The summed E-state index contributed by atoms with van der Waals surface area (Å²) >= 11 is 3.00. The number of fused-ring (bicyclic) bond motifs is 1. The number of hydrogen-bond acceptors (Lipinski definition) is 5. The molecule has 2 aromatic heterocycles. The van der Waals surface area contributed by atoms with Crippen LogP contribution < -0.4 is 5.32 Å². The third-order valence-corrected chi connectivity index (χ3v) is 6.42. The number of thiophene rings is 2. The number of aryl methyl sites for hydroxylation is 3. The number of nitrogens with one attached hydrogen (secondary N) is 1. The van der Waals surface area contributed by atoms with Gasteiger partial charge in [-0.05, 0) is 49.8 Å². The van der Waals surface area contributed by atoms with Gasteiger partial charge >= 0.3 is 5.97 Å². The van der Waals surface area contributed by atoms with Crippen LogP contribution in [0.2, 0.25) is 0 Å². The number of carbonyl (C=O) groups excluding carboxylic acids is 2. The molecule has 0 aromatic carbocycles. The van der Waals surface area contributed by atoms with Gasteiger partial charge in [-0.3, -0.25) is 4.79 Å². The summed E-state index contributed by atoms with van der Waals surface area (Å²) in [5.74, 6) is -0.555. The first-order valence-corrected chi connectivity index (χ1v) is 9.39. The molecule has 0 bridgehead atoms. The van der Waals surface area contributed by atoms with Crippen LogP contribution in [-0.2, 0) is 24.0 Å². The van der Waals surface area contributed by atoms with E-state index in [-0.39, 0.29) is 5.91 Å². The van der Waals surface area contributed by atoms with E-state index >= 15 is 0 Å². The maximum Gasteiger partial charge on any atom is 0.340 e. The summed E-state index contributed by atoms with van der Waals surface area (Å²) in [7, 11) is 1.35. The average molecular weight is 349 g/mol. The van der Waals surface area contributed by atoms with Gasteiger partial charge in [-0.2, -0.15) is 0 Å². The molecule has 0 saturated carbocycles. The molecule has 0 radical (unpaired) electrons. The first-order chi connectivity index (χ1) is 11.1. The van der Waals surface area contributed by atoms with Crippen molar-refractivity contribution < 1.29 is 14.3 Å². The summed E-state index contributed by atoms with van der Waals surface area (Å²) in [5, 5.41) is 3.47. The normalized spacial score (nSPS) is 13.5. The molecule has 6 heteroatoms. The summed E-state index contributed by atoms with van der Waals surface area (Å²) < 4.78 is 4.81. The predicted molar refractivity (Wildman–Crippen MR) is 94.0 cm³/mol. The van der Waals surface area contributed by atoms with Crippen LogP contribution in [0.4, 0.5) is 5.00 Å². The molecule has 3 rings (SSSR count). The zero-order valence-electron chi connectivity index (χ0n) is 13.2. The molecule has 0 fully saturated rings. The van der Waals surface area contributed by atoms with Crippen LogP contribution in [-0.4, -0.2) is 19.0 Å². The number of anilines is 1. The zero-order valence-corrected chi connectivity index (χ0v) is 14.9. The van der Waals surface area contributed by atoms with E-state index in [0.29, 0.717) is 10.6 Å². The Bertz CT molecular complexity index is 722. The van der Waals surface area contributed by atoms with E-state index in [1.54, 1.807) is 17.4 Å². The van der Waals surface area contributed by atoms with E-state index in [1.807, 2.05) is 13.0 Å². The molecule has 0 atom stereocenters. The van der Waals surface area contributed by atoms with Gasteiger partial charge in [0.2, 0.25) is 0 Å². The minimum atomic E-state index is -0.415. The summed E-state index contributed by atoms with van der Waals surface area (Å²) in [6, 6.07) is 3.80. The number of carbonyl (C=O) groups is 2. The number of hydrogen-bond donors (Lipinski definition) is 1. The monoisotopic (exact) mass is 349 g/mol. The van der Waals surface area contributed by atoms with Gasteiger partial charge in [-0.15, -0.1) is 22.7 Å². The number of rotatable bonds is 4. The molecular weight excluding hydrogens is 330 g/mol. The highest BCUT2D eigenvalue weighted by molar-refractivity contribution is 7.17. The molecule has 4 nitrogen and oxygen atoms in total. The molecule has 1 amide bonds. The van der Waals surface area contributed by atoms with E-state index in [4.69, 9.17) is 4.74 Å². The maximum absolute atomic E-state index is 12.5. The maximum atomic E-state index is 12.5. The molecule has 0 spiro atoms. The van der Waals surface area contributed by atoms with Crippen molar-refractivity contribution in [2.75, 3.05) is 12.4 Å². The summed E-state index contributed by atoms with van der Waals surface area (Å²) in [6.07, 6.45) is 5.34. The molecule has 122 valence electrons. The van der Waals surface area contributed by atoms with Crippen molar-refractivity contribution in [3.8, 4) is 0 Å². The molecule has 0 aliphatic heterocycles. The van der Waals surface area contributed by atoms with Crippen LogP contribution in [0.15, 0.2) is 12.1 Å². The highest BCUT2D eigenvalue weighted by Crippen LogP contribution is 2.32. The Balaban J connectivity index is 1.83. The molecular formula is C17H19NO3S2. The Morgan fingerprint density at radius 2 is 2.00 bits per heavy atom. The van der Waals surface area contributed by atoms with Crippen molar-refractivity contribution in [2.24, 2.45) is 0 Å². The lowest BCUT2D eigenvalue weighted by atomic mass is 9.99. The van der Waals surface area contributed by atoms with Crippen molar-refractivity contribution in [3.63, 3.8) is 0 Å². The SMILES string of the molecule is CCc1cc(C(=O)OC)c(NC(=O)c2cc3c(s2)CCCC3)s1. The first-order valence-electron chi connectivity index (χ1n) is 7.76. The van der Waals surface area contributed by atoms with Gasteiger partial charge in [0, 0.05) is 9.75 Å². The minimum Gasteiger partial charge on any atom is -0.465 e. The second-order valence-corrected chi connectivity index (χ2v) is 7.79. The van der Waals surface area contributed by atoms with Gasteiger partial charge in [0.15, 0.2) is 0 Å². The summed E-state index contributed by atoms with van der Waals surface area (Å²) in [6.45, 7) is 2.02. The molecule has 1 aliphatic rings. The van der Waals surface area contributed by atoms with Crippen LogP contribution in [0, 0.1) is 0 Å². The van der Waals surface area contributed by atoms with Crippen molar-refractivity contribution in [2.45, 2.75) is 39.0 Å². The molecule has 2 heterocycles. The summed E-state index contributed by atoms with van der Waals surface area (Å²) in [4.78, 5) is 27.5. The lowest BCUT2D eigenvalue weighted by molar-refractivity contribution is 0.0602. The van der Waals surface area contributed by atoms with Crippen LogP contribution in [0.3, 0.4) is 0 Å². The van der Waals surface area contributed by atoms with Crippen LogP contribution in [0.25, 0.3) is 0 Å².